The van der Waals surface area contributed by atoms with E-state index >= 15 is 0 Å². The number of hydrogen-bond acceptors (Lipinski definition) is 2. The van der Waals surface area contributed by atoms with Crippen molar-refractivity contribution < 1.29 is 0 Å². The summed E-state index contributed by atoms with van der Waals surface area (Å²) in [5.74, 6) is 0.524. The first kappa shape index (κ1) is 26.0. The molecule has 0 aliphatic heterocycles. The maximum absolute atomic E-state index is 5.79. The van der Waals surface area contributed by atoms with E-state index in [1.165, 1.54) is 82.6 Å². The molecule has 0 fully saturated rings. The molecular weight excluding hydrogens is 366 g/mol. The Labute approximate surface area is 186 Å². The summed E-state index contributed by atoms with van der Waals surface area (Å²) in [6.45, 7) is 4.58. The smallest absolute Gasteiger partial charge is 0.141 e. The molecule has 0 spiro atoms. The number of likely N-dealkylation sites (N-methyl/N-ethyl adjacent to an activating group) is 1. The molecule has 1 aromatic rings. The fourth-order valence-electron chi connectivity index (χ4n) is 3.51. The average molecular weight is 412 g/mol. The van der Waals surface area contributed by atoms with Crippen LogP contribution in [-0.4, -0.2) is 19.4 Å². The highest BCUT2D eigenvalue weighted by atomic mass is 14.9. The molecule has 0 amide bonds. The van der Waals surface area contributed by atoms with E-state index in [1.54, 1.807) is 0 Å². The molecule has 0 aliphatic rings. The Morgan fingerprint density at radius 2 is 1.37 bits per heavy atom. The van der Waals surface area contributed by atoms with Crippen LogP contribution in [0.2, 0.25) is 0 Å². The SMILES string of the molecule is C=C(NC)C(N)=NCCCC/C=C\CCCCCCCCCCCc1ccccc1. The van der Waals surface area contributed by atoms with Crippen molar-refractivity contribution in [1.29, 1.82) is 0 Å². The van der Waals surface area contributed by atoms with E-state index in [0.29, 0.717) is 11.5 Å². The highest BCUT2D eigenvalue weighted by molar-refractivity contribution is 5.95. The lowest BCUT2D eigenvalue weighted by atomic mass is 10.0. The van der Waals surface area contributed by atoms with Gasteiger partial charge in [0.15, 0.2) is 0 Å². The van der Waals surface area contributed by atoms with E-state index < -0.39 is 0 Å². The van der Waals surface area contributed by atoms with Gasteiger partial charge in [-0.25, -0.2) is 0 Å². The van der Waals surface area contributed by atoms with Gasteiger partial charge in [-0.3, -0.25) is 4.99 Å². The molecule has 0 saturated heterocycles. The molecular formula is C27H45N3. The second-order valence-corrected chi connectivity index (χ2v) is 8.17. The molecule has 168 valence electrons. The quantitative estimate of drug-likeness (QED) is 0.112. The summed E-state index contributed by atoms with van der Waals surface area (Å²) < 4.78 is 0. The van der Waals surface area contributed by atoms with Gasteiger partial charge in [0.1, 0.15) is 5.84 Å². The number of aryl methyl sites for hydroxylation is 1. The second kappa shape index (κ2) is 19.0. The lowest BCUT2D eigenvalue weighted by Gasteiger charge is -2.03. The predicted molar refractivity (Wildman–Crippen MR) is 134 cm³/mol. The van der Waals surface area contributed by atoms with Crippen LogP contribution in [-0.2, 0) is 6.42 Å². The highest BCUT2D eigenvalue weighted by Crippen LogP contribution is 2.12. The number of rotatable bonds is 19. The molecule has 0 atom stereocenters. The molecule has 0 heterocycles. The fraction of sp³-hybridized carbons (Fsp3) is 0.593. The predicted octanol–water partition coefficient (Wildman–Crippen LogP) is 6.95. The van der Waals surface area contributed by atoms with Crippen molar-refractivity contribution in [2.24, 2.45) is 10.7 Å². The van der Waals surface area contributed by atoms with Gasteiger partial charge in [0.2, 0.25) is 0 Å². The van der Waals surface area contributed by atoms with Crippen LogP contribution in [0.25, 0.3) is 0 Å². The summed E-state index contributed by atoms with van der Waals surface area (Å²) in [5, 5.41) is 2.92. The summed E-state index contributed by atoms with van der Waals surface area (Å²) in [5.41, 5.74) is 7.97. The summed E-state index contributed by atoms with van der Waals surface area (Å²) in [4.78, 5) is 4.32. The number of nitrogens with one attached hydrogen (secondary N) is 1. The van der Waals surface area contributed by atoms with Gasteiger partial charge >= 0.3 is 0 Å². The van der Waals surface area contributed by atoms with Crippen LogP contribution in [0, 0.1) is 0 Å². The maximum atomic E-state index is 5.79. The minimum Gasteiger partial charge on any atom is -0.386 e. The first-order chi connectivity index (χ1) is 14.7. The first-order valence-electron chi connectivity index (χ1n) is 12.1. The van der Waals surface area contributed by atoms with Crippen molar-refractivity contribution in [3.05, 3.63) is 60.3 Å². The number of allylic oxidation sites excluding steroid dienone is 2. The summed E-state index contributed by atoms with van der Waals surface area (Å²) in [6.07, 6.45) is 23.0. The number of aliphatic imine (C=N–C) groups is 1. The topological polar surface area (TPSA) is 50.4 Å². The molecule has 3 N–H and O–H groups in total. The van der Waals surface area contributed by atoms with Gasteiger partial charge in [-0.15, -0.1) is 0 Å². The standard InChI is InChI=1S/C27H45N3/c1-25(29-2)27(28)30-24-20-15-13-11-9-7-5-3-4-6-8-10-12-14-17-21-26-22-18-16-19-23-26/h9,11,16,18-19,22-23,29H,1,3-8,10,12-15,17,20-21,24H2,2H3,(H2,28,30)/b11-9-. The molecule has 0 bridgehead atoms. The van der Waals surface area contributed by atoms with Gasteiger partial charge in [-0.05, 0) is 50.5 Å². The number of amidine groups is 1. The Morgan fingerprint density at radius 3 is 1.97 bits per heavy atom. The molecule has 1 rings (SSSR count). The molecule has 0 aliphatic carbocycles. The highest BCUT2D eigenvalue weighted by Gasteiger charge is 1.96. The third-order valence-electron chi connectivity index (χ3n) is 5.52. The average Bonchev–Trinajstić information content (AvgIpc) is 2.78. The van der Waals surface area contributed by atoms with Gasteiger partial charge in [0.25, 0.3) is 0 Å². The molecule has 3 nitrogen and oxygen atoms in total. The summed E-state index contributed by atoms with van der Waals surface area (Å²) in [7, 11) is 1.81. The second-order valence-electron chi connectivity index (χ2n) is 8.17. The molecule has 30 heavy (non-hydrogen) atoms. The van der Waals surface area contributed by atoms with Gasteiger partial charge in [0.05, 0.1) is 5.70 Å². The van der Waals surface area contributed by atoms with E-state index in [2.05, 4.69) is 59.4 Å². The van der Waals surface area contributed by atoms with Crippen LogP contribution in [0.5, 0.6) is 0 Å². The van der Waals surface area contributed by atoms with Crippen LogP contribution >= 0.6 is 0 Å². The minimum atomic E-state index is 0.524. The number of nitrogens with two attached hydrogens (primary N) is 1. The van der Waals surface area contributed by atoms with Crippen molar-refractivity contribution in [2.75, 3.05) is 13.6 Å². The van der Waals surface area contributed by atoms with E-state index in [0.717, 1.165) is 19.4 Å². The number of benzene rings is 1. The van der Waals surface area contributed by atoms with Crippen LogP contribution in [0.1, 0.15) is 89.0 Å². The zero-order valence-electron chi connectivity index (χ0n) is 19.4. The fourth-order valence-corrected chi connectivity index (χ4v) is 3.51. The lowest BCUT2D eigenvalue weighted by Crippen LogP contribution is -2.23. The Hall–Kier alpha value is -2.03. The number of nitrogens with zero attached hydrogens (tertiary/aromatic N) is 1. The van der Waals surface area contributed by atoms with E-state index in [1.807, 2.05) is 7.05 Å². The Bertz CT molecular complexity index is 589. The van der Waals surface area contributed by atoms with E-state index in [4.69, 9.17) is 5.73 Å². The zero-order chi connectivity index (χ0) is 21.7. The Balaban J connectivity index is 1.79. The summed E-state index contributed by atoms with van der Waals surface area (Å²) >= 11 is 0. The number of unbranched alkanes of at least 4 members (excludes halogenated alkanes) is 11. The molecule has 3 heteroatoms. The molecule has 0 saturated carbocycles. The zero-order valence-corrected chi connectivity index (χ0v) is 19.4. The Morgan fingerprint density at radius 1 is 0.833 bits per heavy atom. The third-order valence-corrected chi connectivity index (χ3v) is 5.52. The Kier molecular flexibility index (Phi) is 16.4. The van der Waals surface area contributed by atoms with Crippen molar-refractivity contribution >= 4 is 5.84 Å². The lowest BCUT2D eigenvalue weighted by molar-refractivity contribution is 0.560. The van der Waals surface area contributed by atoms with E-state index in [9.17, 15) is 0 Å². The normalized spacial score (nSPS) is 11.8. The summed E-state index contributed by atoms with van der Waals surface area (Å²) in [6, 6.07) is 10.9. The maximum Gasteiger partial charge on any atom is 0.141 e. The minimum absolute atomic E-state index is 0.524. The van der Waals surface area contributed by atoms with Crippen LogP contribution in [0.3, 0.4) is 0 Å². The van der Waals surface area contributed by atoms with Gasteiger partial charge in [-0.1, -0.05) is 94.0 Å². The van der Waals surface area contributed by atoms with Crippen molar-refractivity contribution in [3.63, 3.8) is 0 Å². The van der Waals surface area contributed by atoms with Crippen molar-refractivity contribution in [3.8, 4) is 0 Å². The van der Waals surface area contributed by atoms with Crippen LogP contribution in [0.4, 0.5) is 0 Å². The number of hydrogen-bond donors (Lipinski definition) is 2. The molecule has 0 unspecified atom stereocenters. The van der Waals surface area contributed by atoms with Crippen molar-refractivity contribution in [2.45, 2.75) is 89.9 Å². The van der Waals surface area contributed by atoms with Gasteiger partial charge in [-0.2, -0.15) is 0 Å². The molecule has 0 aromatic heterocycles. The monoisotopic (exact) mass is 411 g/mol. The van der Waals surface area contributed by atoms with Gasteiger partial charge in [0, 0.05) is 13.6 Å². The first-order valence-corrected chi connectivity index (χ1v) is 12.1. The molecule has 1 aromatic carbocycles. The molecule has 0 radical (unpaired) electrons. The third kappa shape index (κ3) is 14.9. The van der Waals surface area contributed by atoms with Crippen LogP contribution < -0.4 is 11.1 Å². The van der Waals surface area contributed by atoms with Gasteiger partial charge < -0.3 is 11.1 Å². The van der Waals surface area contributed by atoms with Crippen molar-refractivity contribution in [1.82, 2.24) is 5.32 Å². The largest absolute Gasteiger partial charge is 0.386 e. The van der Waals surface area contributed by atoms with E-state index in [-0.39, 0.29) is 0 Å². The van der Waals surface area contributed by atoms with Crippen LogP contribution in [0.15, 0.2) is 59.8 Å².